The topological polar surface area (TPSA) is 72.8 Å². The number of esters is 1. The largest absolute Gasteiger partial charge is 0.423 e. The van der Waals surface area contributed by atoms with Gasteiger partial charge in [-0.25, -0.2) is 13.2 Å². The van der Waals surface area contributed by atoms with Crippen LogP contribution in [0.1, 0.15) is 43.9 Å². The average molecular weight is 426 g/mol. The molecule has 0 saturated carbocycles. The zero-order valence-electron chi connectivity index (χ0n) is 17.5. The van der Waals surface area contributed by atoms with Gasteiger partial charge in [0.1, 0.15) is 5.75 Å². The fourth-order valence-electron chi connectivity index (χ4n) is 3.12. The first-order valence-electron chi connectivity index (χ1n) is 9.95. The molecule has 0 amide bonds. The van der Waals surface area contributed by atoms with E-state index in [1.165, 1.54) is 11.6 Å². The summed E-state index contributed by atoms with van der Waals surface area (Å²) in [5.41, 5.74) is 3.08. The quantitative estimate of drug-likeness (QED) is 0.311. The molecule has 1 aliphatic rings. The maximum Gasteiger partial charge on any atom is 0.336 e. The first kappa shape index (κ1) is 22.0. The molecule has 30 heavy (non-hydrogen) atoms. The van der Waals surface area contributed by atoms with Crippen LogP contribution in [0.4, 0.5) is 0 Å². The van der Waals surface area contributed by atoms with E-state index in [0.717, 1.165) is 11.1 Å². The van der Waals surface area contributed by atoms with Gasteiger partial charge in [-0.1, -0.05) is 45.0 Å². The number of hydrogen-bond donors (Lipinski definition) is 0. The Balaban J connectivity index is 1.53. The number of benzene rings is 2. The minimum atomic E-state index is -2.93. The van der Waals surface area contributed by atoms with Crippen molar-refractivity contribution in [2.75, 3.05) is 11.5 Å². The van der Waals surface area contributed by atoms with Crippen molar-refractivity contribution >= 4 is 28.1 Å². The summed E-state index contributed by atoms with van der Waals surface area (Å²) in [4.78, 5) is 16.4. The molecule has 1 unspecified atom stereocenters. The van der Waals surface area contributed by atoms with Crippen molar-refractivity contribution in [3.63, 3.8) is 0 Å². The van der Waals surface area contributed by atoms with Gasteiger partial charge in [-0.05, 0) is 58.9 Å². The Morgan fingerprint density at radius 1 is 1.03 bits per heavy atom. The third-order valence-electron chi connectivity index (χ3n) is 4.93. The predicted molar refractivity (Wildman–Crippen MR) is 121 cm³/mol. The normalized spacial score (nSPS) is 18.8. The summed E-state index contributed by atoms with van der Waals surface area (Å²) in [7, 11) is -2.93. The Labute approximate surface area is 178 Å². The highest BCUT2D eigenvalue weighted by atomic mass is 32.2. The zero-order chi connectivity index (χ0) is 21.8. The number of hydrogen-bond acceptors (Lipinski definition) is 5. The third kappa shape index (κ3) is 6.39. The molecule has 0 aromatic heterocycles. The molecule has 6 heteroatoms. The van der Waals surface area contributed by atoms with Crippen molar-refractivity contribution in [1.82, 2.24) is 0 Å². The lowest BCUT2D eigenvalue weighted by atomic mass is 9.87. The predicted octanol–water partition coefficient (Wildman–Crippen LogP) is 4.21. The Morgan fingerprint density at radius 2 is 1.67 bits per heavy atom. The molecule has 0 radical (unpaired) electrons. The zero-order valence-corrected chi connectivity index (χ0v) is 18.4. The molecule has 1 saturated heterocycles. The smallest absolute Gasteiger partial charge is 0.336 e. The van der Waals surface area contributed by atoms with Crippen LogP contribution >= 0.6 is 0 Å². The molecule has 0 bridgehead atoms. The number of sulfone groups is 1. The summed E-state index contributed by atoms with van der Waals surface area (Å²) in [5.74, 6) is 0.309. The van der Waals surface area contributed by atoms with Gasteiger partial charge < -0.3 is 4.74 Å². The molecule has 1 fully saturated rings. The van der Waals surface area contributed by atoms with Gasteiger partial charge in [0.05, 0.1) is 17.5 Å². The molecule has 0 spiro atoms. The summed E-state index contributed by atoms with van der Waals surface area (Å²) in [6.45, 7) is 6.47. The second kappa shape index (κ2) is 8.96. The monoisotopic (exact) mass is 425 g/mol. The highest BCUT2D eigenvalue weighted by Gasteiger charge is 2.26. The van der Waals surface area contributed by atoms with Gasteiger partial charge >= 0.3 is 5.97 Å². The molecule has 2 aromatic rings. The van der Waals surface area contributed by atoms with Crippen molar-refractivity contribution in [1.29, 1.82) is 0 Å². The first-order valence-corrected chi connectivity index (χ1v) is 11.8. The van der Waals surface area contributed by atoms with Gasteiger partial charge in [0.15, 0.2) is 9.84 Å². The van der Waals surface area contributed by atoms with Crippen LogP contribution in [-0.4, -0.2) is 38.1 Å². The van der Waals surface area contributed by atoms with E-state index in [4.69, 9.17) is 4.74 Å². The third-order valence-corrected chi connectivity index (χ3v) is 6.68. The van der Waals surface area contributed by atoms with Crippen molar-refractivity contribution in [2.45, 2.75) is 38.6 Å². The number of nitrogens with zero attached hydrogens (tertiary/aromatic N) is 1. The van der Waals surface area contributed by atoms with E-state index in [1.807, 2.05) is 12.1 Å². The Hall–Kier alpha value is -2.73. The van der Waals surface area contributed by atoms with Gasteiger partial charge in [0.2, 0.25) is 0 Å². The second-order valence-electron chi connectivity index (χ2n) is 8.53. The van der Waals surface area contributed by atoms with Gasteiger partial charge in [-0.2, -0.15) is 0 Å². The summed E-state index contributed by atoms with van der Waals surface area (Å²) in [5, 5.41) is 0. The Morgan fingerprint density at radius 3 is 2.23 bits per heavy atom. The molecule has 3 rings (SSSR count). The SMILES string of the molecule is CC(C)(C)c1ccc(C=CC(=O)Oc2ccc(C=NC3CCS(=O)(=O)C3)cc2)cc1. The number of aliphatic imine (C=N–C) groups is 1. The molecule has 0 aliphatic carbocycles. The molecular weight excluding hydrogens is 398 g/mol. The van der Waals surface area contributed by atoms with E-state index in [-0.39, 0.29) is 23.0 Å². The van der Waals surface area contributed by atoms with Crippen molar-refractivity contribution in [3.8, 4) is 5.75 Å². The van der Waals surface area contributed by atoms with Gasteiger partial charge in [-0.15, -0.1) is 0 Å². The molecule has 1 aliphatic heterocycles. The van der Waals surface area contributed by atoms with Gasteiger partial charge in [0, 0.05) is 12.3 Å². The standard InChI is InChI=1S/C24H27NO4S/c1-24(2,3)20-9-4-18(5-10-20)8-13-23(26)29-22-11-6-19(7-12-22)16-25-21-14-15-30(27,28)17-21/h4-13,16,21H,14-15,17H2,1-3H3. The number of carbonyl (C=O) groups is 1. The molecule has 2 aromatic carbocycles. The van der Waals surface area contributed by atoms with Crippen molar-refractivity contribution < 1.29 is 17.9 Å². The van der Waals surface area contributed by atoms with Crippen LogP contribution in [0.15, 0.2) is 59.6 Å². The lowest BCUT2D eigenvalue weighted by Gasteiger charge is -2.18. The number of rotatable bonds is 5. The van der Waals surface area contributed by atoms with E-state index < -0.39 is 15.8 Å². The Kier molecular flexibility index (Phi) is 6.56. The van der Waals surface area contributed by atoms with Crippen molar-refractivity contribution in [2.24, 2.45) is 4.99 Å². The molecule has 1 atom stereocenters. The summed E-state index contributed by atoms with van der Waals surface area (Å²) >= 11 is 0. The minimum Gasteiger partial charge on any atom is -0.423 e. The van der Waals surface area contributed by atoms with Crippen LogP contribution in [0.3, 0.4) is 0 Å². The van der Waals surface area contributed by atoms with E-state index in [0.29, 0.717) is 12.2 Å². The van der Waals surface area contributed by atoms with E-state index in [2.05, 4.69) is 37.9 Å². The highest BCUT2D eigenvalue weighted by Crippen LogP contribution is 2.22. The van der Waals surface area contributed by atoms with Crippen LogP contribution in [-0.2, 0) is 20.0 Å². The van der Waals surface area contributed by atoms with Crippen molar-refractivity contribution in [3.05, 3.63) is 71.3 Å². The summed E-state index contributed by atoms with van der Waals surface area (Å²) in [6.07, 6.45) is 5.37. The van der Waals surface area contributed by atoms with Crippen LogP contribution in [0.5, 0.6) is 5.75 Å². The maximum atomic E-state index is 12.1. The summed E-state index contributed by atoms with van der Waals surface area (Å²) in [6, 6.07) is 14.9. The van der Waals surface area contributed by atoms with Crippen LogP contribution in [0.2, 0.25) is 0 Å². The van der Waals surface area contributed by atoms with Crippen LogP contribution in [0, 0.1) is 0 Å². The number of ether oxygens (including phenoxy) is 1. The number of carbonyl (C=O) groups excluding carboxylic acids is 1. The molecule has 5 nitrogen and oxygen atoms in total. The molecule has 158 valence electrons. The first-order chi connectivity index (χ1) is 14.1. The summed E-state index contributed by atoms with van der Waals surface area (Å²) < 4.78 is 28.3. The fourth-order valence-corrected chi connectivity index (χ4v) is 4.75. The molecule has 0 N–H and O–H groups in total. The van der Waals surface area contributed by atoms with E-state index in [1.54, 1.807) is 36.6 Å². The second-order valence-corrected chi connectivity index (χ2v) is 10.8. The highest BCUT2D eigenvalue weighted by molar-refractivity contribution is 7.91. The lowest BCUT2D eigenvalue weighted by molar-refractivity contribution is -0.128. The minimum absolute atomic E-state index is 0.0901. The molecular formula is C24H27NO4S. The van der Waals surface area contributed by atoms with E-state index in [9.17, 15) is 13.2 Å². The van der Waals surface area contributed by atoms with Crippen LogP contribution < -0.4 is 4.74 Å². The van der Waals surface area contributed by atoms with E-state index >= 15 is 0 Å². The average Bonchev–Trinajstić information content (AvgIpc) is 3.04. The molecule has 1 heterocycles. The van der Waals surface area contributed by atoms with Gasteiger partial charge in [-0.3, -0.25) is 4.99 Å². The van der Waals surface area contributed by atoms with Gasteiger partial charge in [0.25, 0.3) is 0 Å². The lowest BCUT2D eigenvalue weighted by Crippen LogP contribution is -2.10. The maximum absolute atomic E-state index is 12.1. The fraction of sp³-hybridized carbons (Fsp3) is 0.333. The Bertz CT molecular complexity index is 1040. The van der Waals surface area contributed by atoms with Crippen LogP contribution in [0.25, 0.3) is 6.08 Å².